The minimum Gasteiger partial charge on any atom is -0.508 e. The Balaban J connectivity index is 1.37. The normalized spacial score (nSPS) is 13.4. The van der Waals surface area contributed by atoms with Crippen LogP contribution in [0, 0.1) is 0 Å². The van der Waals surface area contributed by atoms with Crippen molar-refractivity contribution in [3.05, 3.63) is 108 Å². The van der Waals surface area contributed by atoms with E-state index in [0.29, 0.717) is 12.3 Å². The van der Waals surface area contributed by atoms with Gasteiger partial charge in [-0.05, 0) is 47.9 Å². The lowest BCUT2D eigenvalue weighted by atomic mass is 9.99. The molecule has 0 spiro atoms. The number of nitrogens with zero attached hydrogens (tertiary/aromatic N) is 3. The highest BCUT2D eigenvalue weighted by atomic mass is 35.5. The molecule has 1 aliphatic rings. The maximum atomic E-state index is 12.0. The molecule has 8 nitrogen and oxygen atoms in total. The number of halogens is 2. The van der Waals surface area contributed by atoms with Gasteiger partial charge in [-0.1, -0.05) is 47.5 Å². The predicted molar refractivity (Wildman–Crippen MR) is 133 cm³/mol. The summed E-state index contributed by atoms with van der Waals surface area (Å²) in [4.78, 5) is 27.7. The first-order valence-corrected chi connectivity index (χ1v) is 11.6. The number of nitrogens with one attached hydrogen (secondary N) is 1. The van der Waals surface area contributed by atoms with E-state index in [1.54, 1.807) is 18.2 Å². The number of hydrogen-bond acceptors (Lipinski definition) is 6. The lowest BCUT2D eigenvalue weighted by Crippen LogP contribution is -2.30. The molecule has 0 fully saturated rings. The van der Waals surface area contributed by atoms with Crippen LogP contribution in [0.1, 0.15) is 16.7 Å². The summed E-state index contributed by atoms with van der Waals surface area (Å²) in [5, 5.41) is 14.5. The monoisotopic (exact) mass is 510 g/mol. The highest BCUT2D eigenvalue weighted by molar-refractivity contribution is 6.37. The fourth-order valence-electron chi connectivity index (χ4n) is 4.10. The minimum absolute atomic E-state index is 0.148. The van der Waals surface area contributed by atoms with E-state index in [9.17, 15) is 14.7 Å². The van der Waals surface area contributed by atoms with E-state index in [1.807, 2.05) is 6.07 Å². The van der Waals surface area contributed by atoms with Gasteiger partial charge in [0.25, 0.3) is 5.56 Å². The Labute approximate surface area is 209 Å². The molecule has 0 bridgehead atoms. The quantitative estimate of drug-likeness (QED) is 0.415. The summed E-state index contributed by atoms with van der Waals surface area (Å²) in [7, 11) is 0. The third-order valence-corrected chi connectivity index (χ3v) is 6.38. The highest BCUT2D eigenvalue weighted by Crippen LogP contribution is 2.39. The van der Waals surface area contributed by atoms with Crippen molar-refractivity contribution in [2.24, 2.45) is 0 Å². The van der Waals surface area contributed by atoms with Gasteiger partial charge in [-0.2, -0.15) is 9.78 Å². The fraction of sp³-hybridized carbons (Fsp3) is 0.160. The lowest BCUT2D eigenvalue weighted by molar-refractivity contribution is 0.242. The average molecular weight is 511 g/mol. The van der Waals surface area contributed by atoms with E-state index < -0.39 is 11.2 Å². The van der Waals surface area contributed by atoms with Crippen LogP contribution in [0.4, 0.5) is 0 Å². The average Bonchev–Trinajstić information content (AvgIpc) is 2.83. The van der Waals surface area contributed by atoms with Crippen molar-refractivity contribution in [3.8, 4) is 22.9 Å². The zero-order valence-corrected chi connectivity index (χ0v) is 19.9. The summed E-state index contributed by atoms with van der Waals surface area (Å²) in [6.45, 7) is 2.25. The number of rotatable bonds is 5. The van der Waals surface area contributed by atoms with Crippen molar-refractivity contribution in [1.82, 2.24) is 19.7 Å². The second-order valence-corrected chi connectivity index (χ2v) is 9.03. The molecule has 3 aromatic carbocycles. The van der Waals surface area contributed by atoms with E-state index >= 15 is 0 Å². The molecule has 2 N–H and O–H groups in total. The van der Waals surface area contributed by atoms with Crippen LogP contribution in [-0.2, 0) is 19.5 Å². The van der Waals surface area contributed by atoms with Crippen LogP contribution >= 0.6 is 23.2 Å². The van der Waals surface area contributed by atoms with Gasteiger partial charge in [0, 0.05) is 25.2 Å². The van der Waals surface area contributed by atoms with E-state index in [-0.39, 0.29) is 27.2 Å². The molecule has 1 aliphatic heterocycles. The van der Waals surface area contributed by atoms with Crippen LogP contribution in [0.5, 0.6) is 17.2 Å². The third-order valence-electron chi connectivity index (χ3n) is 5.82. The minimum atomic E-state index is -0.721. The Hall–Kier alpha value is -3.59. The first-order valence-electron chi connectivity index (χ1n) is 10.8. The van der Waals surface area contributed by atoms with Gasteiger partial charge in [0.05, 0.1) is 15.7 Å². The van der Waals surface area contributed by atoms with Crippen LogP contribution in [0.15, 0.2) is 70.4 Å². The molecule has 10 heteroatoms. The number of aromatic nitrogens is 3. The van der Waals surface area contributed by atoms with Crippen molar-refractivity contribution in [1.29, 1.82) is 0 Å². The molecule has 0 radical (unpaired) electrons. The van der Waals surface area contributed by atoms with Gasteiger partial charge in [0.1, 0.15) is 17.7 Å². The van der Waals surface area contributed by atoms with Crippen molar-refractivity contribution in [2.75, 3.05) is 6.54 Å². The number of phenolic OH excluding ortho intramolecular Hbond substituents is 1. The second kappa shape index (κ2) is 9.58. The number of aromatic amines is 1. The summed E-state index contributed by atoms with van der Waals surface area (Å²) in [6.07, 6.45) is 1.93. The molecule has 1 aromatic heterocycles. The first kappa shape index (κ1) is 23.2. The number of fused-ring (bicyclic) bond motifs is 1. The zero-order chi connectivity index (χ0) is 24.5. The van der Waals surface area contributed by atoms with Crippen molar-refractivity contribution in [2.45, 2.75) is 19.5 Å². The number of ether oxygens (including phenoxy) is 1. The van der Waals surface area contributed by atoms with Gasteiger partial charge in [-0.3, -0.25) is 14.7 Å². The molecule has 0 aliphatic carbocycles. The third kappa shape index (κ3) is 4.95. The predicted octanol–water partition coefficient (Wildman–Crippen LogP) is 4.28. The Morgan fingerprint density at radius 1 is 1.03 bits per heavy atom. The standard InChI is InChI=1S/C25H20Cl2N4O4/c26-20-10-18(31-25(34)29-23(33)12-28-31)11-21(27)24(20)35-19-5-6-22(32)17(9-19)14-30-8-7-15-3-1-2-4-16(15)13-30/h1-6,9-12,32H,7-8,13-14H2,(H,29,33,34). The molecular weight excluding hydrogens is 491 g/mol. The topological polar surface area (TPSA) is 100 Å². The summed E-state index contributed by atoms with van der Waals surface area (Å²) in [5.74, 6) is 0.816. The molecule has 35 heavy (non-hydrogen) atoms. The molecule has 2 heterocycles. The largest absolute Gasteiger partial charge is 0.508 e. The summed E-state index contributed by atoms with van der Waals surface area (Å²) in [6, 6.07) is 16.2. The summed E-state index contributed by atoms with van der Waals surface area (Å²) in [5.41, 5.74) is 2.31. The van der Waals surface area contributed by atoms with E-state index in [1.165, 1.54) is 23.3 Å². The molecule has 0 unspecified atom stereocenters. The van der Waals surface area contributed by atoms with Gasteiger partial charge in [0.15, 0.2) is 5.75 Å². The summed E-state index contributed by atoms with van der Waals surface area (Å²) >= 11 is 12.8. The number of aromatic hydroxyl groups is 1. The number of H-pyrrole nitrogens is 1. The zero-order valence-electron chi connectivity index (χ0n) is 18.4. The van der Waals surface area contributed by atoms with E-state index in [4.69, 9.17) is 27.9 Å². The van der Waals surface area contributed by atoms with Gasteiger partial charge < -0.3 is 9.84 Å². The van der Waals surface area contributed by atoms with Gasteiger partial charge in [-0.25, -0.2) is 4.79 Å². The molecule has 0 saturated heterocycles. The molecule has 178 valence electrons. The summed E-state index contributed by atoms with van der Waals surface area (Å²) < 4.78 is 6.93. The van der Waals surface area contributed by atoms with Gasteiger partial charge in [0.2, 0.25) is 0 Å². The van der Waals surface area contributed by atoms with Gasteiger partial charge in [-0.15, -0.1) is 0 Å². The van der Waals surface area contributed by atoms with Crippen molar-refractivity contribution >= 4 is 23.2 Å². The van der Waals surface area contributed by atoms with Gasteiger partial charge >= 0.3 is 5.69 Å². The Kier molecular flexibility index (Phi) is 6.34. The first-order chi connectivity index (χ1) is 16.9. The molecular formula is C25H20Cl2N4O4. The number of hydrogen-bond donors (Lipinski definition) is 2. The second-order valence-electron chi connectivity index (χ2n) is 8.21. The van der Waals surface area contributed by atoms with E-state index in [0.717, 1.165) is 36.0 Å². The number of benzene rings is 3. The molecule has 0 amide bonds. The Bertz CT molecular complexity index is 1510. The Morgan fingerprint density at radius 2 is 1.77 bits per heavy atom. The van der Waals surface area contributed by atoms with Crippen LogP contribution in [0.25, 0.3) is 5.69 Å². The maximum absolute atomic E-state index is 12.0. The molecule has 0 saturated carbocycles. The molecule has 5 rings (SSSR count). The smallest absolute Gasteiger partial charge is 0.349 e. The van der Waals surface area contributed by atoms with Crippen LogP contribution in [-0.4, -0.2) is 31.3 Å². The van der Waals surface area contributed by atoms with Crippen LogP contribution in [0.3, 0.4) is 0 Å². The Morgan fingerprint density at radius 3 is 2.51 bits per heavy atom. The van der Waals surface area contributed by atoms with Crippen LogP contribution < -0.4 is 16.0 Å². The maximum Gasteiger partial charge on any atom is 0.349 e. The molecule has 4 aromatic rings. The number of phenols is 1. The van der Waals surface area contributed by atoms with Crippen LogP contribution in [0.2, 0.25) is 10.0 Å². The SMILES string of the molecule is O=c1cnn(-c2cc(Cl)c(Oc3ccc(O)c(CN4CCc5ccccc5C4)c3)c(Cl)c2)c(=O)[nH]1. The molecule has 0 atom stereocenters. The van der Waals surface area contributed by atoms with Crippen molar-refractivity contribution < 1.29 is 9.84 Å². The lowest BCUT2D eigenvalue weighted by Gasteiger charge is -2.29. The fourth-order valence-corrected chi connectivity index (χ4v) is 4.66. The van der Waals surface area contributed by atoms with Crippen molar-refractivity contribution in [3.63, 3.8) is 0 Å². The highest BCUT2D eigenvalue weighted by Gasteiger charge is 2.18. The van der Waals surface area contributed by atoms with E-state index in [2.05, 4.69) is 33.2 Å².